The number of hydrogen-bond acceptors (Lipinski definition) is 2. The van der Waals surface area contributed by atoms with Gasteiger partial charge < -0.3 is 10.2 Å². The van der Waals surface area contributed by atoms with E-state index in [9.17, 15) is 0 Å². The van der Waals surface area contributed by atoms with Gasteiger partial charge in [0.25, 0.3) is 0 Å². The van der Waals surface area contributed by atoms with Crippen LogP contribution < -0.4 is 5.32 Å². The molecule has 1 N–H and O–H groups in total. The molecule has 1 aliphatic heterocycles. The molecule has 14 heavy (non-hydrogen) atoms. The zero-order valence-corrected chi connectivity index (χ0v) is 9.42. The summed E-state index contributed by atoms with van der Waals surface area (Å²) >= 11 is 0. The number of terminal acetylenes is 1. The van der Waals surface area contributed by atoms with Gasteiger partial charge in [-0.05, 0) is 51.9 Å². The molecule has 80 valence electrons. The molecule has 0 radical (unpaired) electrons. The summed E-state index contributed by atoms with van der Waals surface area (Å²) in [6, 6.07) is 0.273. The van der Waals surface area contributed by atoms with Crippen molar-refractivity contribution in [3.63, 3.8) is 0 Å². The lowest BCUT2D eigenvalue weighted by atomic mass is 9.97. The fourth-order valence-corrected chi connectivity index (χ4v) is 1.90. The van der Waals surface area contributed by atoms with Gasteiger partial charge in [0.05, 0.1) is 6.04 Å². The van der Waals surface area contributed by atoms with Crippen molar-refractivity contribution in [3.05, 3.63) is 0 Å². The van der Waals surface area contributed by atoms with Gasteiger partial charge >= 0.3 is 0 Å². The smallest absolute Gasteiger partial charge is 0.0684 e. The molecule has 2 heteroatoms. The summed E-state index contributed by atoms with van der Waals surface area (Å²) in [5, 5.41) is 3.45. The fourth-order valence-electron chi connectivity index (χ4n) is 1.90. The van der Waals surface area contributed by atoms with Gasteiger partial charge in [0.15, 0.2) is 0 Å². The number of hydrogen-bond donors (Lipinski definition) is 1. The molecule has 0 aliphatic carbocycles. The average molecular weight is 194 g/mol. The van der Waals surface area contributed by atoms with Crippen molar-refractivity contribution < 1.29 is 0 Å². The molecule has 1 saturated heterocycles. The molecular formula is C12H22N2. The molecule has 0 amide bonds. The summed E-state index contributed by atoms with van der Waals surface area (Å²) in [4.78, 5) is 2.40. The molecule has 1 heterocycles. The van der Waals surface area contributed by atoms with Gasteiger partial charge in [0.2, 0.25) is 0 Å². The summed E-state index contributed by atoms with van der Waals surface area (Å²) < 4.78 is 0. The van der Waals surface area contributed by atoms with Crippen LogP contribution in [-0.2, 0) is 0 Å². The number of nitrogens with one attached hydrogen (secondary N) is 1. The molecule has 1 rings (SSSR count). The summed E-state index contributed by atoms with van der Waals surface area (Å²) in [5.74, 6) is 3.61. The second kappa shape index (κ2) is 6.06. The molecule has 1 atom stereocenters. The van der Waals surface area contributed by atoms with Crippen LogP contribution in [0.1, 0.15) is 26.2 Å². The van der Waals surface area contributed by atoms with Crippen molar-refractivity contribution in [3.8, 4) is 12.3 Å². The zero-order valence-electron chi connectivity index (χ0n) is 9.42. The molecule has 0 spiro atoms. The van der Waals surface area contributed by atoms with Crippen LogP contribution in [0.5, 0.6) is 0 Å². The summed E-state index contributed by atoms with van der Waals surface area (Å²) in [6.07, 6.45) is 9.05. The number of piperidine rings is 1. The van der Waals surface area contributed by atoms with Crippen molar-refractivity contribution in [2.24, 2.45) is 5.92 Å². The van der Waals surface area contributed by atoms with E-state index in [0.717, 1.165) is 18.9 Å². The van der Waals surface area contributed by atoms with E-state index in [4.69, 9.17) is 6.42 Å². The first kappa shape index (κ1) is 11.6. The number of likely N-dealkylation sites (tertiary alicyclic amines) is 1. The highest BCUT2D eigenvalue weighted by atomic mass is 15.1. The third-order valence-electron chi connectivity index (χ3n) is 3.10. The maximum atomic E-state index is 5.40. The summed E-state index contributed by atoms with van der Waals surface area (Å²) in [7, 11) is 2.19. The van der Waals surface area contributed by atoms with Crippen LogP contribution in [0, 0.1) is 18.3 Å². The number of rotatable bonds is 4. The summed E-state index contributed by atoms with van der Waals surface area (Å²) in [6.45, 7) is 5.70. The van der Waals surface area contributed by atoms with Crippen molar-refractivity contribution in [1.82, 2.24) is 10.2 Å². The highest BCUT2D eigenvalue weighted by Crippen LogP contribution is 2.14. The Morgan fingerprint density at radius 2 is 2.14 bits per heavy atom. The summed E-state index contributed by atoms with van der Waals surface area (Å²) in [5.41, 5.74) is 0. The monoisotopic (exact) mass is 194 g/mol. The van der Waals surface area contributed by atoms with Crippen molar-refractivity contribution >= 4 is 0 Å². The molecule has 0 aromatic rings. The Balaban J connectivity index is 2.16. The van der Waals surface area contributed by atoms with Crippen LogP contribution in [0.3, 0.4) is 0 Å². The van der Waals surface area contributed by atoms with Crippen LogP contribution in [0.25, 0.3) is 0 Å². The quantitative estimate of drug-likeness (QED) is 0.679. The maximum absolute atomic E-state index is 5.40. The minimum absolute atomic E-state index is 0.273. The lowest BCUT2D eigenvalue weighted by Gasteiger charge is -2.29. The Morgan fingerprint density at radius 1 is 1.50 bits per heavy atom. The topological polar surface area (TPSA) is 15.3 Å². The fraction of sp³-hybridized carbons (Fsp3) is 0.833. The first-order valence-electron chi connectivity index (χ1n) is 5.64. The Morgan fingerprint density at radius 3 is 2.64 bits per heavy atom. The third-order valence-corrected chi connectivity index (χ3v) is 3.10. The van der Waals surface area contributed by atoms with E-state index in [1.54, 1.807) is 0 Å². The van der Waals surface area contributed by atoms with Crippen molar-refractivity contribution in [2.45, 2.75) is 32.2 Å². The maximum Gasteiger partial charge on any atom is 0.0684 e. The van der Waals surface area contributed by atoms with Gasteiger partial charge in [-0.15, -0.1) is 6.42 Å². The highest BCUT2D eigenvalue weighted by molar-refractivity contribution is 4.98. The Labute approximate surface area is 88.1 Å². The molecule has 0 bridgehead atoms. The van der Waals surface area contributed by atoms with E-state index < -0.39 is 0 Å². The third kappa shape index (κ3) is 3.69. The largest absolute Gasteiger partial charge is 0.306 e. The molecule has 1 aliphatic rings. The SMILES string of the molecule is C#CC(CC)NCC1CCN(C)CC1. The molecule has 0 aromatic carbocycles. The van der Waals surface area contributed by atoms with Gasteiger partial charge in [-0.2, -0.15) is 0 Å². The standard InChI is InChI=1S/C12H22N2/c1-4-12(5-2)13-10-11-6-8-14(3)9-7-11/h1,11-13H,5-10H2,2-3H3. The van der Waals surface area contributed by atoms with Gasteiger partial charge in [-0.25, -0.2) is 0 Å². The van der Waals surface area contributed by atoms with Crippen LogP contribution in [0.2, 0.25) is 0 Å². The Kier molecular flexibility index (Phi) is 5.00. The van der Waals surface area contributed by atoms with Gasteiger partial charge in [-0.1, -0.05) is 12.8 Å². The predicted octanol–water partition coefficient (Wildman–Crippen LogP) is 1.33. The van der Waals surface area contributed by atoms with Crippen LogP contribution in [0.15, 0.2) is 0 Å². The Bertz CT molecular complexity index is 187. The van der Waals surface area contributed by atoms with E-state index in [0.29, 0.717) is 0 Å². The van der Waals surface area contributed by atoms with Crippen LogP contribution in [-0.4, -0.2) is 37.6 Å². The predicted molar refractivity (Wildman–Crippen MR) is 61.1 cm³/mol. The molecule has 1 fully saturated rings. The van der Waals surface area contributed by atoms with Crippen LogP contribution in [0.4, 0.5) is 0 Å². The molecule has 0 saturated carbocycles. The minimum atomic E-state index is 0.273. The van der Waals surface area contributed by atoms with Crippen molar-refractivity contribution in [2.75, 3.05) is 26.7 Å². The average Bonchev–Trinajstić information content (AvgIpc) is 2.22. The molecular weight excluding hydrogens is 172 g/mol. The first-order chi connectivity index (χ1) is 6.76. The molecule has 2 nitrogen and oxygen atoms in total. The van der Waals surface area contributed by atoms with E-state index in [1.807, 2.05) is 0 Å². The van der Waals surface area contributed by atoms with E-state index >= 15 is 0 Å². The van der Waals surface area contributed by atoms with Gasteiger partial charge in [0.1, 0.15) is 0 Å². The van der Waals surface area contributed by atoms with Crippen molar-refractivity contribution in [1.29, 1.82) is 0 Å². The van der Waals surface area contributed by atoms with E-state index in [-0.39, 0.29) is 6.04 Å². The highest BCUT2D eigenvalue weighted by Gasteiger charge is 2.16. The number of nitrogens with zero attached hydrogens (tertiary/aromatic N) is 1. The lowest BCUT2D eigenvalue weighted by molar-refractivity contribution is 0.214. The second-order valence-corrected chi connectivity index (χ2v) is 4.28. The van der Waals surface area contributed by atoms with E-state index in [1.165, 1.54) is 25.9 Å². The van der Waals surface area contributed by atoms with Gasteiger partial charge in [0, 0.05) is 0 Å². The molecule has 0 aromatic heterocycles. The van der Waals surface area contributed by atoms with E-state index in [2.05, 4.69) is 30.1 Å². The lowest BCUT2D eigenvalue weighted by Crippen LogP contribution is -2.37. The zero-order chi connectivity index (χ0) is 10.4. The second-order valence-electron chi connectivity index (χ2n) is 4.28. The minimum Gasteiger partial charge on any atom is -0.306 e. The van der Waals surface area contributed by atoms with Gasteiger partial charge in [-0.3, -0.25) is 0 Å². The first-order valence-corrected chi connectivity index (χ1v) is 5.64. The normalized spacial score (nSPS) is 21.8. The molecule has 1 unspecified atom stereocenters. The van der Waals surface area contributed by atoms with Crippen LogP contribution >= 0.6 is 0 Å². The Hall–Kier alpha value is -0.520.